The number of hydrogen-bond donors (Lipinski definition) is 6. The first-order valence-electron chi connectivity index (χ1n) is 8.96. The molecule has 160 valence electrons. The van der Waals surface area contributed by atoms with Crippen molar-refractivity contribution in [1.82, 2.24) is 0 Å². The van der Waals surface area contributed by atoms with Crippen molar-refractivity contribution >= 4 is 5.97 Å². The Hall–Kier alpha value is -1.31. The smallest absolute Gasteiger partial charge is 0.339 e. The van der Waals surface area contributed by atoms with E-state index in [-0.39, 0.29) is 12.0 Å². The summed E-state index contributed by atoms with van der Waals surface area (Å²) in [6, 6.07) is 0. The largest absolute Gasteiger partial charge is 0.471 e. The number of carbonyl (C=O) groups is 1. The number of aliphatic hydroxyl groups is 6. The minimum atomic E-state index is -1.80. The second-order valence-electron chi connectivity index (χ2n) is 7.44. The molecular weight excluding hydrogens is 380 g/mol. The average molecular weight is 406 g/mol. The predicted molar refractivity (Wildman–Crippen MR) is 88.1 cm³/mol. The molecular formula is C17H26O11. The van der Waals surface area contributed by atoms with Crippen LogP contribution in [-0.4, -0.2) is 99.0 Å². The van der Waals surface area contributed by atoms with Crippen LogP contribution in [0.2, 0.25) is 0 Å². The van der Waals surface area contributed by atoms with Crippen LogP contribution < -0.4 is 0 Å². The Bertz CT molecular complexity index is 622. The minimum Gasteiger partial charge on any atom is -0.471 e. The summed E-state index contributed by atoms with van der Waals surface area (Å²) in [5.41, 5.74) is -1.97. The molecule has 2 aliphatic heterocycles. The maximum atomic E-state index is 12.0. The van der Waals surface area contributed by atoms with Gasteiger partial charge in [0.15, 0.2) is 6.29 Å². The van der Waals surface area contributed by atoms with Crippen LogP contribution in [0.25, 0.3) is 0 Å². The third-order valence-electron chi connectivity index (χ3n) is 5.85. The molecule has 2 fully saturated rings. The van der Waals surface area contributed by atoms with Crippen molar-refractivity contribution in [2.24, 2.45) is 11.8 Å². The predicted octanol–water partition coefficient (Wildman–Crippen LogP) is -3.04. The lowest BCUT2D eigenvalue weighted by Gasteiger charge is -2.44. The Kier molecular flexibility index (Phi) is 5.99. The Morgan fingerprint density at radius 2 is 1.89 bits per heavy atom. The van der Waals surface area contributed by atoms with E-state index in [1.807, 2.05) is 0 Å². The standard InChI is InChI=1S/C17H26O11/c1-6-8(19)3-17(24)7(14(23)25-2)5-26-15(10(6)17)28-16-13(22)12(21)11(20)9(4-18)27-16/h5-6,8-13,15-16,18-22,24H,3-4H2,1-2H3. The molecule has 0 radical (unpaired) electrons. The van der Waals surface area contributed by atoms with Crippen LogP contribution in [-0.2, 0) is 23.7 Å². The molecule has 11 heteroatoms. The van der Waals surface area contributed by atoms with Gasteiger partial charge in [-0.15, -0.1) is 0 Å². The lowest BCUT2D eigenvalue weighted by atomic mass is 9.79. The van der Waals surface area contributed by atoms with Gasteiger partial charge in [0.05, 0.1) is 32.0 Å². The van der Waals surface area contributed by atoms with Gasteiger partial charge < -0.3 is 49.6 Å². The number of hydrogen-bond acceptors (Lipinski definition) is 11. The zero-order chi connectivity index (χ0) is 20.8. The summed E-state index contributed by atoms with van der Waals surface area (Å²) >= 11 is 0. The van der Waals surface area contributed by atoms with E-state index in [1.165, 1.54) is 0 Å². The average Bonchev–Trinajstić information content (AvgIpc) is 2.91. The molecule has 1 aliphatic carbocycles. The van der Waals surface area contributed by atoms with Crippen molar-refractivity contribution in [3.05, 3.63) is 11.8 Å². The van der Waals surface area contributed by atoms with E-state index < -0.39 is 73.1 Å². The first-order valence-corrected chi connectivity index (χ1v) is 8.96. The van der Waals surface area contributed by atoms with E-state index in [1.54, 1.807) is 6.92 Å². The summed E-state index contributed by atoms with van der Waals surface area (Å²) < 4.78 is 21.0. The van der Waals surface area contributed by atoms with Crippen LogP contribution in [0, 0.1) is 11.8 Å². The van der Waals surface area contributed by atoms with Gasteiger partial charge in [-0.3, -0.25) is 0 Å². The van der Waals surface area contributed by atoms with Crippen molar-refractivity contribution in [3.8, 4) is 0 Å². The molecule has 0 aromatic carbocycles. The first kappa shape index (κ1) is 21.4. The molecule has 0 spiro atoms. The summed E-state index contributed by atoms with van der Waals surface area (Å²) in [5, 5.41) is 60.6. The van der Waals surface area contributed by atoms with Gasteiger partial charge in [-0.1, -0.05) is 6.92 Å². The molecule has 1 saturated heterocycles. The van der Waals surface area contributed by atoms with E-state index in [4.69, 9.17) is 14.2 Å². The fourth-order valence-electron chi connectivity index (χ4n) is 4.16. The summed E-state index contributed by atoms with van der Waals surface area (Å²) in [7, 11) is 1.15. The van der Waals surface area contributed by atoms with Gasteiger partial charge in [0.1, 0.15) is 35.6 Å². The lowest BCUT2D eigenvalue weighted by molar-refractivity contribution is -0.347. The van der Waals surface area contributed by atoms with E-state index in [9.17, 15) is 35.4 Å². The van der Waals surface area contributed by atoms with Crippen LogP contribution in [0.1, 0.15) is 13.3 Å². The van der Waals surface area contributed by atoms with Crippen LogP contribution in [0.15, 0.2) is 11.8 Å². The third-order valence-corrected chi connectivity index (χ3v) is 5.85. The monoisotopic (exact) mass is 406 g/mol. The number of rotatable bonds is 4. The molecule has 0 aromatic rings. The highest BCUT2D eigenvalue weighted by molar-refractivity contribution is 5.90. The van der Waals surface area contributed by atoms with Gasteiger partial charge in [0, 0.05) is 6.42 Å². The molecule has 0 bridgehead atoms. The summed E-state index contributed by atoms with van der Waals surface area (Å²) in [5.74, 6) is -2.30. The molecule has 10 atom stereocenters. The normalized spacial score (nSPS) is 48.4. The summed E-state index contributed by atoms with van der Waals surface area (Å²) in [6.45, 7) is 1.01. The molecule has 6 N–H and O–H groups in total. The van der Waals surface area contributed by atoms with Gasteiger partial charge in [0.2, 0.25) is 6.29 Å². The summed E-state index contributed by atoms with van der Waals surface area (Å²) in [4.78, 5) is 12.0. The van der Waals surface area contributed by atoms with Crippen molar-refractivity contribution in [1.29, 1.82) is 0 Å². The number of esters is 1. The molecule has 3 rings (SSSR count). The highest BCUT2D eigenvalue weighted by atomic mass is 16.8. The van der Waals surface area contributed by atoms with Gasteiger partial charge in [-0.25, -0.2) is 4.79 Å². The Labute approximate surface area is 160 Å². The van der Waals surface area contributed by atoms with Crippen molar-refractivity contribution in [3.63, 3.8) is 0 Å². The zero-order valence-electron chi connectivity index (χ0n) is 15.4. The number of fused-ring (bicyclic) bond motifs is 1. The lowest BCUT2D eigenvalue weighted by Crippen LogP contribution is -2.61. The van der Waals surface area contributed by atoms with Crippen molar-refractivity contribution < 1.29 is 54.4 Å². The van der Waals surface area contributed by atoms with E-state index in [0.717, 1.165) is 13.4 Å². The number of ether oxygens (including phenoxy) is 4. The SMILES string of the molecule is COC(=O)C1=COC(OC2OC(CO)C(O)C(O)C2O)C2C(C)C(O)CC12O. The molecule has 0 amide bonds. The fraction of sp³-hybridized carbons (Fsp3) is 0.824. The second kappa shape index (κ2) is 7.84. The fourth-order valence-corrected chi connectivity index (χ4v) is 4.16. The topological polar surface area (TPSA) is 175 Å². The van der Waals surface area contributed by atoms with Gasteiger partial charge in [-0.2, -0.15) is 0 Å². The Morgan fingerprint density at radius 1 is 1.21 bits per heavy atom. The minimum absolute atomic E-state index is 0.155. The van der Waals surface area contributed by atoms with Crippen LogP contribution in [0.5, 0.6) is 0 Å². The van der Waals surface area contributed by atoms with E-state index >= 15 is 0 Å². The maximum Gasteiger partial charge on any atom is 0.339 e. The zero-order valence-corrected chi connectivity index (χ0v) is 15.4. The number of methoxy groups -OCH3 is 1. The van der Waals surface area contributed by atoms with Crippen LogP contribution in [0.3, 0.4) is 0 Å². The quantitative estimate of drug-likeness (QED) is 0.262. The Morgan fingerprint density at radius 3 is 2.50 bits per heavy atom. The maximum absolute atomic E-state index is 12.0. The molecule has 28 heavy (non-hydrogen) atoms. The van der Waals surface area contributed by atoms with Gasteiger partial charge in [0.25, 0.3) is 0 Å². The van der Waals surface area contributed by atoms with Gasteiger partial charge in [-0.05, 0) is 5.92 Å². The molecule has 2 heterocycles. The number of carbonyl (C=O) groups excluding carboxylic acids is 1. The third kappa shape index (κ3) is 3.31. The summed E-state index contributed by atoms with van der Waals surface area (Å²) in [6.07, 6.45) is -8.95. The molecule has 1 saturated carbocycles. The Balaban J connectivity index is 1.86. The van der Waals surface area contributed by atoms with Gasteiger partial charge >= 0.3 is 5.97 Å². The highest BCUT2D eigenvalue weighted by Crippen LogP contribution is 2.50. The highest BCUT2D eigenvalue weighted by Gasteiger charge is 2.61. The first-order chi connectivity index (χ1) is 13.2. The molecule has 3 aliphatic rings. The van der Waals surface area contributed by atoms with Crippen molar-refractivity contribution in [2.45, 2.75) is 62.0 Å². The molecule has 10 unspecified atom stereocenters. The van der Waals surface area contributed by atoms with Crippen LogP contribution in [0.4, 0.5) is 0 Å². The molecule has 11 nitrogen and oxygen atoms in total. The molecule has 0 aromatic heterocycles. The van der Waals surface area contributed by atoms with Crippen LogP contribution >= 0.6 is 0 Å². The number of aliphatic hydroxyl groups excluding tert-OH is 5. The van der Waals surface area contributed by atoms with Crippen molar-refractivity contribution in [2.75, 3.05) is 13.7 Å². The second-order valence-corrected chi connectivity index (χ2v) is 7.44. The van der Waals surface area contributed by atoms with E-state index in [2.05, 4.69) is 4.74 Å². The van der Waals surface area contributed by atoms with E-state index in [0.29, 0.717) is 0 Å².